The molecule has 0 N–H and O–H groups in total. The molecule has 0 unspecified atom stereocenters. The minimum atomic E-state index is -3.85. The number of ether oxygens (including phenoxy) is 1. The van der Waals surface area contributed by atoms with Crippen molar-refractivity contribution in [1.29, 1.82) is 0 Å². The van der Waals surface area contributed by atoms with Gasteiger partial charge in [0, 0.05) is 39.3 Å². The van der Waals surface area contributed by atoms with Crippen LogP contribution in [0.3, 0.4) is 0 Å². The molecule has 0 spiro atoms. The van der Waals surface area contributed by atoms with E-state index in [1.165, 1.54) is 17.0 Å². The van der Waals surface area contributed by atoms with Crippen molar-refractivity contribution in [2.24, 2.45) is 0 Å². The number of hydrogen-bond acceptors (Lipinski definition) is 5. The highest BCUT2D eigenvalue weighted by molar-refractivity contribution is 7.89. The predicted molar refractivity (Wildman–Crippen MR) is 120 cm³/mol. The second-order valence-corrected chi connectivity index (χ2v) is 9.63. The van der Waals surface area contributed by atoms with Gasteiger partial charge >= 0.3 is 0 Å². The van der Waals surface area contributed by atoms with Crippen molar-refractivity contribution in [3.05, 3.63) is 59.7 Å². The molecule has 1 saturated heterocycles. The fourth-order valence-electron chi connectivity index (χ4n) is 3.74. The van der Waals surface area contributed by atoms with Crippen molar-refractivity contribution in [3.63, 3.8) is 0 Å². The Hall–Kier alpha value is -2.42. The third kappa shape index (κ3) is 5.64. The number of benzene rings is 2. The summed E-state index contributed by atoms with van der Waals surface area (Å²) in [6, 6.07) is 15.3. The highest BCUT2D eigenvalue weighted by Gasteiger charge is 2.31. The van der Waals surface area contributed by atoms with Gasteiger partial charge < -0.3 is 9.64 Å². The number of nitrogens with zero attached hydrogens (tertiary/aromatic N) is 3. The van der Waals surface area contributed by atoms with Crippen LogP contribution in [0, 0.1) is 6.92 Å². The molecule has 1 fully saturated rings. The van der Waals surface area contributed by atoms with Crippen LogP contribution in [-0.2, 0) is 21.4 Å². The van der Waals surface area contributed by atoms with Crippen molar-refractivity contribution < 1.29 is 17.9 Å². The lowest BCUT2D eigenvalue weighted by molar-refractivity contribution is -0.133. The second kappa shape index (κ2) is 10.3. The van der Waals surface area contributed by atoms with Gasteiger partial charge in [-0.25, -0.2) is 8.42 Å². The van der Waals surface area contributed by atoms with E-state index in [1.54, 1.807) is 30.0 Å². The molecule has 0 bridgehead atoms. The number of piperazine rings is 1. The van der Waals surface area contributed by atoms with E-state index in [-0.39, 0.29) is 29.6 Å². The molecule has 0 aliphatic carbocycles. The maximum Gasteiger partial charge on any atom is 0.247 e. The number of aryl methyl sites for hydroxylation is 1. The largest absolute Gasteiger partial charge is 0.495 e. The van der Waals surface area contributed by atoms with Crippen LogP contribution in [0.15, 0.2) is 53.4 Å². The molecule has 1 aliphatic rings. The number of hydrogen-bond donors (Lipinski definition) is 0. The van der Waals surface area contributed by atoms with E-state index in [2.05, 4.69) is 17.0 Å². The molecular formula is C23H31N3O4S. The van der Waals surface area contributed by atoms with Gasteiger partial charge in [-0.3, -0.25) is 9.69 Å². The summed E-state index contributed by atoms with van der Waals surface area (Å²) in [7, 11) is -2.41. The molecule has 1 amide bonds. The predicted octanol–water partition coefficient (Wildman–Crippen LogP) is 2.36. The molecule has 0 aromatic heterocycles. The molecule has 168 valence electrons. The highest BCUT2D eigenvalue weighted by atomic mass is 32.2. The average molecular weight is 446 g/mol. The number of amides is 1. The second-order valence-electron chi connectivity index (χ2n) is 7.73. The highest BCUT2D eigenvalue weighted by Crippen LogP contribution is 2.27. The van der Waals surface area contributed by atoms with Crippen LogP contribution in [0.5, 0.6) is 5.75 Å². The van der Waals surface area contributed by atoms with E-state index in [0.29, 0.717) is 13.1 Å². The molecule has 1 aliphatic heterocycles. The Morgan fingerprint density at radius 2 is 1.74 bits per heavy atom. The van der Waals surface area contributed by atoms with Crippen molar-refractivity contribution in [2.45, 2.75) is 25.3 Å². The van der Waals surface area contributed by atoms with Gasteiger partial charge in [0.1, 0.15) is 10.6 Å². The Morgan fingerprint density at radius 3 is 2.35 bits per heavy atom. The Kier molecular flexibility index (Phi) is 7.69. The number of likely N-dealkylation sites (N-methyl/N-ethyl adjacent to an activating group) is 1. The Balaban J connectivity index is 1.63. The summed E-state index contributed by atoms with van der Waals surface area (Å²) in [5.41, 5.74) is 2.06. The molecule has 31 heavy (non-hydrogen) atoms. The van der Waals surface area contributed by atoms with Crippen molar-refractivity contribution in [1.82, 2.24) is 14.1 Å². The van der Waals surface area contributed by atoms with Crippen LogP contribution in [0.25, 0.3) is 0 Å². The zero-order valence-corrected chi connectivity index (χ0v) is 19.3. The molecule has 7 nitrogen and oxygen atoms in total. The summed E-state index contributed by atoms with van der Waals surface area (Å²) >= 11 is 0. The Bertz CT molecular complexity index is 987. The number of sulfonamides is 1. The standard InChI is InChI=1S/C23H31N3O4S/c1-4-26(31(28,29)22-16-19(2)10-11-21(22)30-3)18-23(27)25-14-12-24(13-15-25)17-20-8-6-5-7-9-20/h5-11,16H,4,12-15,17-18H2,1-3H3. The summed E-state index contributed by atoms with van der Waals surface area (Å²) in [6.07, 6.45) is 0. The van der Waals surface area contributed by atoms with E-state index >= 15 is 0 Å². The molecule has 0 radical (unpaired) electrons. The van der Waals surface area contributed by atoms with E-state index in [9.17, 15) is 13.2 Å². The van der Waals surface area contributed by atoms with Crippen LogP contribution >= 0.6 is 0 Å². The van der Waals surface area contributed by atoms with Crippen molar-refractivity contribution >= 4 is 15.9 Å². The monoisotopic (exact) mass is 445 g/mol. The molecule has 3 rings (SSSR count). The first-order valence-corrected chi connectivity index (χ1v) is 12.0. The normalized spacial score (nSPS) is 15.3. The van der Waals surface area contributed by atoms with Crippen LogP contribution in [0.4, 0.5) is 0 Å². The number of rotatable bonds is 8. The quantitative estimate of drug-likeness (QED) is 0.624. The van der Waals surface area contributed by atoms with Gasteiger partial charge in [0.15, 0.2) is 0 Å². The molecule has 0 saturated carbocycles. The number of methoxy groups -OCH3 is 1. The summed E-state index contributed by atoms with van der Waals surface area (Å²) in [5, 5.41) is 0. The van der Waals surface area contributed by atoms with Gasteiger partial charge in [0.05, 0.1) is 13.7 Å². The Labute approximate surface area is 185 Å². The van der Waals surface area contributed by atoms with Crippen molar-refractivity contribution in [2.75, 3.05) is 46.4 Å². The fourth-order valence-corrected chi connectivity index (χ4v) is 5.38. The third-order valence-corrected chi connectivity index (χ3v) is 7.52. The van der Waals surface area contributed by atoms with Crippen LogP contribution in [0.2, 0.25) is 0 Å². The van der Waals surface area contributed by atoms with Crippen LogP contribution in [0.1, 0.15) is 18.1 Å². The van der Waals surface area contributed by atoms with Gasteiger partial charge in [-0.1, -0.05) is 43.3 Å². The lowest BCUT2D eigenvalue weighted by Crippen LogP contribution is -2.51. The summed E-state index contributed by atoms with van der Waals surface area (Å²) < 4.78 is 33.0. The molecule has 2 aromatic carbocycles. The minimum absolute atomic E-state index is 0.0948. The maximum absolute atomic E-state index is 13.2. The first-order chi connectivity index (χ1) is 14.8. The lowest BCUT2D eigenvalue weighted by atomic mass is 10.2. The van der Waals surface area contributed by atoms with E-state index in [0.717, 1.165) is 25.2 Å². The zero-order chi connectivity index (χ0) is 22.4. The SMILES string of the molecule is CCN(CC(=O)N1CCN(Cc2ccccc2)CC1)S(=O)(=O)c1cc(C)ccc1OC. The lowest BCUT2D eigenvalue weighted by Gasteiger charge is -2.35. The number of carbonyl (C=O) groups is 1. The van der Waals surface area contributed by atoms with Gasteiger partial charge in [-0.15, -0.1) is 0 Å². The topological polar surface area (TPSA) is 70.2 Å². The van der Waals surface area contributed by atoms with Crippen LogP contribution < -0.4 is 4.74 Å². The molecular weight excluding hydrogens is 414 g/mol. The fraction of sp³-hybridized carbons (Fsp3) is 0.435. The average Bonchev–Trinajstić information content (AvgIpc) is 2.78. The zero-order valence-electron chi connectivity index (χ0n) is 18.5. The third-order valence-electron chi connectivity index (χ3n) is 5.58. The molecule has 8 heteroatoms. The van der Waals surface area contributed by atoms with E-state index in [1.807, 2.05) is 25.1 Å². The minimum Gasteiger partial charge on any atom is -0.495 e. The van der Waals surface area contributed by atoms with Gasteiger partial charge in [-0.05, 0) is 30.2 Å². The van der Waals surface area contributed by atoms with Gasteiger partial charge in [-0.2, -0.15) is 4.31 Å². The first kappa shape index (κ1) is 23.2. The summed E-state index contributed by atoms with van der Waals surface area (Å²) in [5.74, 6) is 0.113. The summed E-state index contributed by atoms with van der Waals surface area (Å²) in [4.78, 5) is 17.1. The van der Waals surface area contributed by atoms with Gasteiger partial charge in [0.2, 0.25) is 15.9 Å². The summed E-state index contributed by atoms with van der Waals surface area (Å²) in [6.45, 7) is 7.18. The van der Waals surface area contributed by atoms with E-state index < -0.39 is 10.0 Å². The first-order valence-electron chi connectivity index (χ1n) is 10.5. The number of carbonyl (C=O) groups excluding carboxylic acids is 1. The maximum atomic E-state index is 13.2. The van der Waals surface area contributed by atoms with Gasteiger partial charge in [0.25, 0.3) is 0 Å². The van der Waals surface area contributed by atoms with Crippen molar-refractivity contribution in [3.8, 4) is 5.75 Å². The Morgan fingerprint density at radius 1 is 1.06 bits per heavy atom. The van der Waals surface area contributed by atoms with E-state index in [4.69, 9.17) is 4.74 Å². The molecule has 0 atom stereocenters. The van der Waals surface area contributed by atoms with Crippen LogP contribution in [-0.4, -0.2) is 74.8 Å². The molecule has 2 aromatic rings. The smallest absolute Gasteiger partial charge is 0.247 e. The molecule has 1 heterocycles.